The van der Waals surface area contributed by atoms with Gasteiger partial charge in [-0.25, -0.2) is 0 Å². The third kappa shape index (κ3) is 5.69. The Hall–Kier alpha value is -2.84. The Morgan fingerprint density at radius 3 is 2.56 bits per heavy atom. The molecule has 1 atom stereocenters. The maximum atomic E-state index is 12.6. The fourth-order valence-corrected chi connectivity index (χ4v) is 4.19. The van der Waals surface area contributed by atoms with Crippen molar-refractivity contribution in [3.63, 3.8) is 0 Å². The Bertz CT molecular complexity index is 1130. The smallest absolute Gasteiger partial charge is 0.253 e. The van der Waals surface area contributed by atoms with Gasteiger partial charge in [0, 0.05) is 12.2 Å². The first-order valence-corrected chi connectivity index (χ1v) is 11.6. The van der Waals surface area contributed by atoms with Crippen molar-refractivity contribution in [2.75, 3.05) is 11.1 Å². The average molecular weight is 472 g/mol. The molecule has 0 saturated carbocycles. The van der Waals surface area contributed by atoms with Gasteiger partial charge in [-0.15, -0.1) is 10.2 Å². The van der Waals surface area contributed by atoms with Crippen LogP contribution >= 0.6 is 23.4 Å². The summed E-state index contributed by atoms with van der Waals surface area (Å²) in [6.45, 7) is 8.46. The first kappa shape index (κ1) is 23.8. The van der Waals surface area contributed by atoms with Crippen molar-refractivity contribution in [3.8, 4) is 0 Å². The van der Waals surface area contributed by atoms with Gasteiger partial charge in [-0.3, -0.25) is 9.59 Å². The molecule has 2 N–H and O–H groups in total. The number of rotatable bonds is 8. The molecule has 0 fully saturated rings. The lowest BCUT2D eigenvalue weighted by molar-refractivity contribution is -0.113. The van der Waals surface area contributed by atoms with E-state index in [1.165, 1.54) is 17.3 Å². The number of hydrogen-bond donors (Lipinski definition) is 2. The van der Waals surface area contributed by atoms with E-state index in [-0.39, 0.29) is 23.6 Å². The second-order valence-corrected chi connectivity index (χ2v) is 8.75. The summed E-state index contributed by atoms with van der Waals surface area (Å²) < 4.78 is 1.89. The molecule has 0 radical (unpaired) electrons. The number of amides is 2. The van der Waals surface area contributed by atoms with E-state index in [9.17, 15) is 9.59 Å². The van der Waals surface area contributed by atoms with E-state index in [1.807, 2.05) is 50.5 Å². The van der Waals surface area contributed by atoms with E-state index in [1.54, 1.807) is 24.3 Å². The van der Waals surface area contributed by atoms with Crippen LogP contribution in [0.5, 0.6) is 0 Å². The van der Waals surface area contributed by atoms with Gasteiger partial charge in [0.25, 0.3) is 5.91 Å². The number of anilines is 1. The van der Waals surface area contributed by atoms with Crippen LogP contribution < -0.4 is 10.6 Å². The van der Waals surface area contributed by atoms with Gasteiger partial charge in [-0.2, -0.15) is 0 Å². The van der Waals surface area contributed by atoms with Crippen molar-refractivity contribution >= 4 is 40.9 Å². The summed E-state index contributed by atoms with van der Waals surface area (Å²) in [5.74, 6) is 0.414. The minimum atomic E-state index is -0.384. The molecule has 0 aliphatic heterocycles. The molecular weight excluding hydrogens is 446 g/mol. The molecule has 32 heavy (non-hydrogen) atoms. The van der Waals surface area contributed by atoms with E-state index >= 15 is 0 Å². The van der Waals surface area contributed by atoms with Gasteiger partial charge < -0.3 is 15.2 Å². The number of hydrogen-bond acceptors (Lipinski definition) is 5. The minimum Gasteiger partial charge on any atom is -0.342 e. The number of nitrogens with one attached hydrogen (secondary N) is 2. The first-order chi connectivity index (χ1) is 15.3. The number of thioether (sulfide) groups is 1. The molecule has 2 amide bonds. The largest absolute Gasteiger partial charge is 0.342 e. The van der Waals surface area contributed by atoms with Crippen molar-refractivity contribution in [3.05, 3.63) is 70.0 Å². The maximum Gasteiger partial charge on any atom is 0.253 e. The summed E-state index contributed by atoms with van der Waals surface area (Å²) >= 11 is 7.43. The molecule has 3 aromatic rings. The topological polar surface area (TPSA) is 88.9 Å². The molecule has 168 valence electrons. The van der Waals surface area contributed by atoms with E-state index in [2.05, 4.69) is 20.8 Å². The monoisotopic (exact) mass is 471 g/mol. The molecule has 0 saturated heterocycles. The van der Waals surface area contributed by atoms with E-state index in [0.717, 1.165) is 11.3 Å². The van der Waals surface area contributed by atoms with E-state index in [4.69, 9.17) is 11.6 Å². The summed E-state index contributed by atoms with van der Waals surface area (Å²) in [4.78, 5) is 25.0. The zero-order valence-electron chi connectivity index (χ0n) is 18.5. The molecule has 7 nitrogen and oxygen atoms in total. The molecule has 0 aliphatic carbocycles. The highest BCUT2D eigenvalue weighted by Gasteiger charge is 2.21. The molecule has 2 aromatic carbocycles. The Labute approximate surface area is 197 Å². The molecular formula is C23H26ClN5O2S. The van der Waals surface area contributed by atoms with Gasteiger partial charge in [0.05, 0.1) is 22.4 Å². The van der Waals surface area contributed by atoms with Crippen LogP contribution in [0.3, 0.4) is 0 Å². The van der Waals surface area contributed by atoms with Crippen molar-refractivity contribution in [2.45, 2.75) is 45.4 Å². The van der Waals surface area contributed by atoms with E-state index < -0.39 is 0 Å². The predicted octanol–water partition coefficient (Wildman–Crippen LogP) is 4.79. The second-order valence-electron chi connectivity index (χ2n) is 7.40. The Kier molecular flexibility index (Phi) is 7.93. The fraction of sp³-hybridized carbons (Fsp3) is 0.304. The summed E-state index contributed by atoms with van der Waals surface area (Å²) in [5.41, 5.74) is 3.48. The van der Waals surface area contributed by atoms with Crippen LogP contribution in [0.4, 0.5) is 5.69 Å². The zero-order valence-corrected chi connectivity index (χ0v) is 20.0. The highest BCUT2D eigenvalue weighted by atomic mass is 35.5. The van der Waals surface area contributed by atoms with Crippen LogP contribution in [0.1, 0.15) is 47.2 Å². The van der Waals surface area contributed by atoms with Gasteiger partial charge in [0.2, 0.25) is 5.91 Å². The lowest BCUT2D eigenvalue weighted by Gasteiger charge is -2.15. The molecule has 1 aromatic heterocycles. The Morgan fingerprint density at radius 1 is 1.12 bits per heavy atom. The molecule has 0 unspecified atom stereocenters. The number of carbonyl (C=O) groups is 2. The lowest BCUT2D eigenvalue weighted by Crippen LogP contribution is -2.29. The summed E-state index contributed by atoms with van der Waals surface area (Å²) in [5, 5.41) is 15.3. The van der Waals surface area contributed by atoms with Gasteiger partial charge in [-0.1, -0.05) is 41.6 Å². The van der Waals surface area contributed by atoms with Crippen LogP contribution in [-0.4, -0.2) is 32.3 Å². The highest BCUT2D eigenvalue weighted by Crippen LogP contribution is 2.22. The average Bonchev–Trinajstić information content (AvgIpc) is 3.18. The van der Waals surface area contributed by atoms with E-state index in [0.29, 0.717) is 28.1 Å². The van der Waals surface area contributed by atoms with Gasteiger partial charge in [0.1, 0.15) is 0 Å². The molecule has 0 spiro atoms. The van der Waals surface area contributed by atoms with Crippen LogP contribution in [0.15, 0.2) is 47.6 Å². The van der Waals surface area contributed by atoms with Crippen molar-refractivity contribution in [1.82, 2.24) is 20.1 Å². The maximum absolute atomic E-state index is 12.6. The Morgan fingerprint density at radius 2 is 1.88 bits per heavy atom. The number of halogens is 1. The number of carbonyl (C=O) groups excluding carboxylic acids is 2. The molecule has 0 bridgehead atoms. The molecule has 1 heterocycles. The first-order valence-electron chi connectivity index (χ1n) is 10.3. The standard InChI is InChI=1S/C23H26ClN5O2S/c1-5-29-21(16(4)25-22(31)18-8-6-7-9-19(18)24)27-28-23(29)32-13-20(30)26-17-11-10-14(2)15(3)12-17/h6-12,16H,5,13H2,1-4H3,(H,25,31)(H,26,30)/t16-/m0/s1. The minimum absolute atomic E-state index is 0.120. The molecule has 0 aliphatic rings. The van der Waals surface area contributed by atoms with Crippen LogP contribution in [0.2, 0.25) is 5.02 Å². The van der Waals surface area contributed by atoms with Crippen LogP contribution in [-0.2, 0) is 11.3 Å². The van der Waals surface area contributed by atoms with Crippen molar-refractivity contribution < 1.29 is 9.59 Å². The van der Waals surface area contributed by atoms with Crippen molar-refractivity contribution in [2.24, 2.45) is 0 Å². The zero-order chi connectivity index (χ0) is 23.3. The van der Waals surface area contributed by atoms with Gasteiger partial charge >= 0.3 is 0 Å². The highest BCUT2D eigenvalue weighted by molar-refractivity contribution is 7.99. The fourth-order valence-electron chi connectivity index (χ4n) is 3.16. The normalized spacial score (nSPS) is 11.8. The summed E-state index contributed by atoms with van der Waals surface area (Å²) in [6, 6.07) is 12.3. The predicted molar refractivity (Wildman–Crippen MR) is 128 cm³/mol. The Balaban J connectivity index is 1.63. The number of aryl methyl sites for hydroxylation is 2. The molecule has 3 rings (SSSR count). The van der Waals surface area contributed by atoms with Crippen LogP contribution in [0.25, 0.3) is 0 Å². The van der Waals surface area contributed by atoms with Crippen LogP contribution in [0, 0.1) is 13.8 Å². The molecule has 9 heteroatoms. The summed E-state index contributed by atoms with van der Waals surface area (Å²) in [7, 11) is 0. The lowest BCUT2D eigenvalue weighted by atomic mass is 10.1. The van der Waals surface area contributed by atoms with Gasteiger partial charge in [-0.05, 0) is 63.1 Å². The number of nitrogens with zero attached hydrogens (tertiary/aromatic N) is 3. The SMILES string of the molecule is CCn1c(SCC(=O)Nc2ccc(C)c(C)c2)nnc1[C@H](C)NC(=O)c1ccccc1Cl. The quantitative estimate of drug-likeness (QED) is 0.461. The third-order valence-corrected chi connectivity index (χ3v) is 6.33. The summed E-state index contributed by atoms with van der Waals surface area (Å²) in [6.07, 6.45) is 0. The van der Waals surface area contributed by atoms with Gasteiger partial charge in [0.15, 0.2) is 11.0 Å². The second kappa shape index (κ2) is 10.7. The van der Waals surface area contributed by atoms with Crippen molar-refractivity contribution in [1.29, 1.82) is 0 Å². The number of aromatic nitrogens is 3. The third-order valence-electron chi connectivity index (χ3n) is 5.04. The number of benzene rings is 2.